The van der Waals surface area contributed by atoms with E-state index in [-0.39, 0.29) is 11.9 Å². The number of nitrogens with two attached hydrogens (primary N) is 1. The molecule has 0 aliphatic rings. The minimum atomic E-state index is -0.229. The van der Waals surface area contributed by atoms with Crippen LogP contribution in [-0.2, 0) is 0 Å². The van der Waals surface area contributed by atoms with Crippen LogP contribution in [0.1, 0.15) is 18.5 Å². The van der Waals surface area contributed by atoms with Gasteiger partial charge in [-0.25, -0.2) is 4.39 Å². The second-order valence-electron chi connectivity index (χ2n) is 5.04. The maximum absolute atomic E-state index is 13.3. The lowest BCUT2D eigenvalue weighted by atomic mass is 10.1. The summed E-state index contributed by atoms with van der Waals surface area (Å²) in [5.41, 5.74) is 8.52. The van der Waals surface area contributed by atoms with Gasteiger partial charge in [-0.3, -0.25) is 4.98 Å². The molecule has 0 aliphatic heterocycles. The molecule has 21 heavy (non-hydrogen) atoms. The number of anilines is 2. The van der Waals surface area contributed by atoms with Gasteiger partial charge in [0, 0.05) is 40.6 Å². The fourth-order valence-corrected chi connectivity index (χ4v) is 2.43. The Morgan fingerprint density at radius 1 is 1.14 bits per heavy atom. The summed E-state index contributed by atoms with van der Waals surface area (Å²) in [4.78, 5) is 4.11. The molecular weight excluding hydrogens is 265 g/mol. The van der Waals surface area contributed by atoms with Crippen LogP contribution in [0.3, 0.4) is 0 Å². The highest BCUT2D eigenvalue weighted by molar-refractivity contribution is 6.00. The number of nitrogens with one attached hydrogen (secondary N) is 1. The van der Waals surface area contributed by atoms with E-state index in [2.05, 4.69) is 10.3 Å². The van der Waals surface area contributed by atoms with E-state index in [4.69, 9.17) is 5.73 Å². The first kappa shape index (κ1) is 13.4. The smallest absolute Gasteiger partial charge is 0.123 e. The third-order valence-electron chi connectivity index (χ3n) is 3.57. The number of rotatable bonds is 3. The summed E-state index contributed by atoms with van der Waals surface area (Å²) in [6.07, 6.45) is 3.49. The molecule has 4 heteroatoms. The van der Waals surface area contributed by atoms with Gasteiger partial charge in [-0.1, -0.05) is 12.1 Å². The maximum atomic E-state index is 13.3. The van der Waals surface area contributed by atoms with Gasteiger partial charge in [0.05, 0.1) is 0 Å². The second kappa shape index (κ2) is 5.40. The van der Waals surface area contributed by atoms with Crippen LogP contribution in [0.25, 0.3) is 10.8 Å². The number of nitrogen functional groups attached to an aromatic ring is 1. The average Bonchev–Trinajstić information content (AvgIpc) is 2.50. The van der Waals surface area contributed by atoms with Crippen LogP contribution in [0.4, 0.5) is 15.8 Å². The van der Waals surface area contributed by atoms with Crippen molar-refractivity contribution in [1.82, 2.24) is 4.98 Å². The summed E-state index contributed by atoms with van der Waals surface area (Å²) in [6.45, 7) is 2.00. The van der Waals surface area contributed by atoms with Crippen molar-refractivity contribution in [1.29, 1.82) is 0 Å². The van der Waals surface area contributed by atoms with Crippen molar-refractivity contribution in [2.24, 2.45) is 0 Å². The van der Waals surface area contributed by atoms with E-state index < -0.39 is 0 Å². The fraction of sp³-hybridized carbons (Fsp3) is 0.118. The predicted octanol–water partition coefficient (Wildman–Crippen LogP) is 4.13. The summed E-state index contributed by atoms with van der Waals surface area (Å²) in [5.74, 6) is -0.229. The Morgan fingerprint density at radius 2 is 2.00 bits per heavy atom. The monoisotopic (exact) mass is 281 g/mol. The number of aromatic nitrogens is 1. The van der Waals surface area contributed by atoms with Crippen molar-refractivity contribution < 1.29 is 4.39 Å². The molecule has 0 spiro atoms. The minimum absolute atomic E-state index is 0.0133. The van der Waals surface area contributed by atoms with Gasteiger partial charge >= 0.3 is 0 Å². The Labute approximate surface area is 122 Å². The molecular formula is C17H16FN3. The molecule has 0 bridgehead atoms. The predicted molar refractivity (Wildman–Crippen MR) is 84.6 cm³/mol. The van der Waals surface area contributed by atoms with E-state index in [1.165, 1.54) is 6.07 Å². The van der Waals surface area contributed by atoms with Gasteiger partial charge in [0.2, 0.25) is 0 Å². The van der Waals surface area contributed by atoms with Gasteiger partial charge in [0.15, 0.2) is 0 Å². The standard InChI is InChI=1S/C17H16FN3/c1-11(12-3-2-4-13(18)9-12)21-17-6-5-16(19)15-10-20-8-7-14(15)17/h2-11,21H,19H2,1H3. The molecule has 0 radical (unpaired) electrons. The molecule has 2 aromatic carbocycles. The highest BCUT2D eigenvalue weighted by atomic mass is 19.1. The molecule has 0 fully saturated rings. The molecule has 0 saturated carbocycles. The van der Waals surface area contributed by atoms with Crippen LogP contribution in [0, 0.1) is 5.82 Å². The van der Waals surface area contributed by atoms with Gasteiger partial charge in [-0.05, 0) is 42.8 Å². The first-order valence-corrected chi connectivity index (χ1v) is 6.79. The van der Waals surface area contributed by atoms with Crippen molar-refractivity contribution in [3.8, 4) is 0 Å². The van der Waals surface area contributed by atoms with Crippen LogP contribution in [0.15, 0.2) is 54.9 Å². The second-order valence-corrected chi connectivity index (χ2v) is 5.04. The highest BCUT2D eigenvalue weighted by Crippen LogP contribution is 2.30. The zero-order chi connectivity index (χ0) is 14.8. The Bertz CT molecular complexity index is 786. The molecule has 3 rings (SSSR count). The first-order valence-electron chi connectivity index (χ1n) is 6.79. The van der Waals surface area contributed by atoms with Crippen molar-refractivity contribution in [2.45, 2.75) is 13.0 Å². The number of pyridine rings is 1. The van der Waals surface area contributed by atoms with Gasteiger partial charge in [0.1, 0.15) is 5.82 Å². The van der Waals surface area contributed by atoms with Crippen LogP contribution in [-0.4, -0.2) is 4.98 Å². The number of hydrogen-bond acceptors (Lipinski definition) is 3. The summed E-state index contributed by atoms with van der Waals surface area (Å²) in [7, 11) is 0. The van der Waals surface area contributed by atoms with Crippen LogP contribution in [0.5, 0.6) is 0 Å². The Morgan fingerprint density at radius 3 is 2.81 bits per heavy atom. The lowest BCUT2D eigenvalue weighted by molar-refractivity contribution is 0.623. The third-order valence-corrected chi connectivity index (χ3v) is 3.57. The maximum Gasteiger partial charge on any atom is 0.123 e. The van der Waals surface area contributed by atoms with E-state index in [0.717, 1.165) is 22.0 Å². The molecule has 0 aliphatic carbocycles. The molecule has 1 heterocycles. The number of benzene rings is 2. The topological polar surface area (TPSA) is 50.9 Å². The molecule has 0 saturated heterocycles. The summed E-state index contributed by atoms with van der Waals surface area (Å²) in [6, 6.07) is 12.3. The van der Waals surface area contributed by atoms with Crippen LogP contribution < -0.4 is 11.1 Å². The van der Waals surface area contributed by atoms with E-state index >= 15 is 0 Å². The molecule has 0 amide bonds. The highest BCUT2D eigenvalue weighted by Gasteiger charge is 2.09. The minimum Gasteiger partial charge on any atom is -0.398 e. The van der Waals surface area contributed by atoms with Crippen molar-refractivity contribution in [2.75, 3.05) is 11.1 Å². The summed E-state index contributed by atoms with van der Waals surface area (Å²) >= 11 is 0. The normalized spacial score (nSPS) is 12.3. The molecule has 1 atom stereocenters. The average molecular weight is 281 g/mol. The SMILES string of the molecule is CC(Nc1ccc(N)c2cnccc12)c1cccc(F)c1. The summed E-state index contributed by atoms with van der Waals surface area (Å²) < 4.78 is 13.3. The zero-order valence-electron chi connectivity index (χ0n) is 11.7. The lowest BCUT2D eigenvalue weighted by Gasteiger charge is -2.18. The summed E-state index contributed by atoms with van der Waals surface area (Å²) in [5, 5.41) is 5.32. The zero-order valence-corrected chi connectivity index (χ0v) is 11.7. The van der Waals surface area contributed by atoms with Gasteiger partial charge in [-0.2, -0.15) is 0 Å². The van der Waals surface area contributed by atoms with Gasteiger partial charge < -0.3 is 11.1 Å². The van der Waals surface area contributed by atoms with Crippen molar-refractivity contribution in [3.05, 3.63) is 66.2 Å². The molecule has 3 N–H and O–H groups in total. The van der Waals surface area contributed by atoms with E-state index in [0.29, 0.717) is 5.69 Å². The third kappa shape index (κ3) is 2.65. The van der Waals surface area contributed by atoms with E-state index in [9.17, 15) is 4.39 Å². The molecule has 3 aromatic rings. The van der Waals surface area contributed by atoms with Crippen molar-refractivity contribution in [3.63, 3.8) is 0 Å². The van der Waals surface area contributed by atoms with Gasteiger partial charge in [-0.15, -0.1) is 0 Å². The largest absolute Gasteiger partial charge is 0.398 e. The Balaban J connectivity index is 1.97. The number of halogens is 1. The quantitative estimate of drug-likeness (QED) is 0.710. The van der Waals surface area contributed by atoms with Crippen LogP contribution in [0.2, 0.25) is 0 Å². The lowest BCUT2D eigenvalue weighted by Crippen LogP contribution is -2.07. The Kier molecular flexibility index (Phi) is 3.44. The van der Waals surface area contributed by atoms with Crippen LogP contribution >= 0.6 is 0 Å². The molecule has 1 unspecified atom stereocenters. The molecule has 1 aromatic heterocycles. The Hall–Kier alpha value is -2.62. The first-order chi connectivity index (χ1) is 10.1. The van der Waals surface area contributed by atoms with Crippen molar-refractivity contribution >= 4 is 22.1 Å². The fourth-order valence-electron chi connectivity index (χ4n) is 2.43. The van der Waals surface area contributed by atoms with E-state index in [1.807, 2.05) is 31.2 Å². The molecule has 106 valence electrons. The molecule has 3 nitrogen and oxygen atoms in total. The number of hydrogen-bond donors (Lipinski definition) is 2. The van der Waals surface area contributed by atoms with Gasteiger partial charge in [0.25, 0.3) is 0 Å². The number of fused-ring (bicyclic) bond motifs is 1. The van der Waals surface area contributed by atoms with E-state index in [1.54, 1.807) is 24.5 Å². The number of nitrogens with zero attached hydrogens (tertiary/aromatic N) is 1.